The van der Waals surface area contributed by atoms with E-state index in [9.17, 15) is 18.5 Å². The summed E-state index contributed by atoms with van der Waals surface area (Å²) in [4.78, 5) is 11.8. The zero-order chi connectivity index (χ0) is 14.6. The van der Waals surface area contributed by atoms with E-state index in [1.54, 1.807) is 11.9 Å². The second kappa shape index (κ2) is 5.98. The molecule has 0 unspecified atom stereocenters. The Labute approximate surface area is 111 Å². The number of rotatable bonds is 6. The Kier molecular flexibility index (Phi) is 4.84. The molecule has 0 saturated carbocycles. The average Bonchev–Trinajstić information content (AvgIpc) is 2.33. The molecule has 19 heavy (non-hydrogen) atoms. The number of nitrogens with zero attached hydrogens (tertiary/aromatic N) is 2. The molecule has 0 amide bonds. The number of benzene rings is 1. The molecule has 1 aromatic carbocycles. The maximum Gasteiger partial charge on any atom is 0.311 e. The summed E-state index contributed by atoms with van der Waals surface area (Å²) in [6.07, 6.45) is 0.953. The van der Waals surface area contributed by atoms with Crippen molar-refractivity contribution in [1.82, 2.24) is 0 Å². The van der Waals surface area contributed by atoms with E-state index >= 15 is 0 Å². The van der Waals surface area contributed by atoms with Crippen LogP contribution in [0.5, 0.6) is 0 Å². The van der Waals surface area contributed by atoms with Crippen molar-refractivity contribution in [2.75, 3.05) is 38.5 Å². The molecule has 8 heteroatoms. The Bertz CT molecular complexity index is 570. The van der Waals surface area contributed by atoms with Gasteiger partial charge in [-0.1, -0.05) is 6.07 Å². The molecule has 0 aliphatic carbocycles. The molecule has 7 nitrogen and oxygen atoms in total. The molecule has 0 aliphatic rings. The highest BCUT2D eigenvalue weighted by atomic mass is 32.2. The van der Waals surface area contributed by atoms with Crippen LogP contribution in [0.1, 0.15) is 0 Å². The van der Waals surface area contributed by atoms with Gasteiger partial charge in [0, 0.05) is 27.0 Å². The largest absolute Gasteiger partial charge is 0.383 e. The fraction of sp³-hybridized carbons (Fsp3) is 0.455. The third kappa shape index (κ3) is 3.65. The summed E-state index contributed by atoms with van der Waals surface area (Å²) >= 11 is 0. The highest BCUT2D eigenvalue weighted by Gasteiger charge is 2.27. The minimum absolute atomic E-state index is 0.255. The Morgan fingerprint density at radius 1 is 1.42 bits per heavy atom. The molecular weight excluding hydrogens is 272 g/mol. The van der Waals surface area contributed by atoms with Crippen LogP contribution in [-0.4, -0.2) is 46.9 Å². The summed E-state index contributed by atoms with van der Waals surface area (Å²) in [6, 6.07) is 4.24. The number of nitro benzene ring substituents is 1. The van der Waals surface area contributed by atoms with Gasteiger partial charge in [-0.25, -0.2) is 8.42 Å². The number of para-hydroxylation sites is 1. The molecule has 0 bridgehead atoms. The molecule has 0 aliphatic heterocycles. The summed E-state index contributed by atoms with van der Waals surface area (Å²) in [6.45, 7) is 0.807. The van der Waals surface area contributed by atoms with Gasteiger partial charge in [0.25, 0.3) is 0 Å². The molecule has 1 rings (SSSR count). The van der Waals surface area contributed by atoms with E-state index in [2.05, 4.69) is 0 Å². The lowest BCUT2D eigenvalue weighted by Gasteiger charge is -2.19. The first kappa shape index (κ1) is 15.4. The van der Waals surface area contributed by atoms with Crippen molar-refractivity contribution in [1.29, 1.82) is 0 Å². The minimum atomic E-state index is -3.65. The van der Waals surface area contributed by atoms with Crippen LogP contribution in [0, 0.1) is 10.1 Å². The summed E-state index contributed by atoms with van der Waals surface area (Å²) in [5.74, 6) is 0. The Balaban J connectivity index is 3.37. The van der Waals surface area contributed by atoms with Crippen molar-refractivity contribution >= 4 is 21.2 Å². The molecule has 0 fully saturated rings. The highest BCUT2D eigenvalue weighted by molar-refractivity contribution is 7.90. The standard InChI is InChI=1S/C11H16N2O5S/c1-12(7-8-18-2)9-5-4-6-10(19(3,16)17)11(9)13(14)15/h4-6H,7-8H2,1-3H3. The molecule has 0 radical (unpaired) electrons. The van der Waals surface area contributed by atoms with Crippen molar-refractivity contribution in [2.45, 2.75) is 4.90 Å². The molecule has 0 N–H and O–H groups in total. The normalized spacial score (nSPS) is 11.3. The first-order valence-corrected chi connectivity index (χ1v) is 7.35. The Morgan fingerprint density at radius 3 is 2.53 bits per heavy atom. The van der Waals surface area contributed by atoms with E-state index in [-0.39, 0.29) is 10.6 Å². The molecule has 0 saturated heterocycles. The maximum absolute atomic E-state index is 11.6. The van der Waals surface area contributed by atoms with Crippen molar-refractivity contribution in [3.63, 3.8) is 0 Å². The molecule has 0 aromatic heterocycles. The lowest BCUT2D eigenvalue weighted by molar-refractivity contribution is -0.387. The maximum atomic E-state index is 11.6. The van der Waals surface area contributed by atoms with Gasteiger partial charge in [-0.2, -0.15) is 0 Å². The van der Waals surface area contributed by atoms with Gasteiger partial charge < -0.3 is 9.64 Å². The number of likely N-dealkylation sites (N-methyl/N-ethyl adjacent to an activating group) is 1. The minimum Gasteiger partial charge on any atom is -0.383 e. The van der Waals surface area contributed by atoms with Crippen molar-refractivity contribution in [2.24, 2.45) is 0 Å². The topological polar surface area (TPSA) is 89.8 Å². The third-order valence-electron chi connectivity index (χ3n) is 2.60. The van der Waals surface area contributed by atoms with E-state index < -0.39 is 20.4 Å². The fourth-order valence-corrected chi connectivity index (χ4v) is 2.51. The second-order valence-electron chi connectivity index (χ2n) is 4.07. The van der Waals surface area contributed by atoms with E-state index in [1.165, 1.54) is 25.3 Å². The van der Waals surface area contributed by atoms with E-state index in [0.29, 0.717) is 13.2 Å². The lowest BCUT2D eigenvalue weighted by Crippen LogP contribution is -2.23. The first-order valence-electron chi connectivity index (χ1n) is 5.46. The van der Waals surface area contributed by atoms with Gasteiger partial charge in [0.15, 0.2) is 9.84 Å². The van der Waals surface area contributed by atoms with Crippen LogP contribution in [-0.2, 0) is 14.6 Å². The van der Waals surface area contributed by atoms with Gasteiger partial charge >= 0.3 is 5.69 Å². The quantitative estimate of drug-likeness (QED) is 0.575. The average molecular weight is 288 g/mol. The summed E-state index contributed by atoms with van der Waals surface area (Å²) in [5, 5.41) is 11.2. The fourth-order valence-electron chi connectivity index (χ4n) is 1.65. The van der Waals surface area contributed by atoms with Gasteiger partial charge in [-0.15, -0.1) is 0 Å². The predicted molar refractivity (Wildman–Crippen MR) is 71.4 cm³/mol. The summed E-state index contributed by atoms with van der Waals surface area (Å²) < 4.78 is 28.1. The Morgan fingerprint density at radius 2 is 2.05 bits per heavy atom. The van der Waals surface area contributed by atoms with Crippen molar-refractivity contribution in [3.8, 4) is 0 Å². The highest BCUT2D eigenvalue weighted by Crippen LogP contribution is 2.33. The van der Waals surface area contributed by atoms with Crippen molar-refractivity contribution < 1.29 is 18.1 Å². The number of anilines is 1. The number of sulfone groups is 1. The molecular formula is C11H16N2O5S. The van der Waals surface area contributed by atoms with Crippen LogP contribution in [0.3, 0.4) is 0 Å². The van der Waals surface area contributed by atoms with Crippen molar-refractivity contribution in [3.05, 3.63) is 28.3 Å². The predicted octanol–water partition coefficient (Wildman–Crippen LogP) is 1.08. The van der Waals surface area contributed by atoms with Crippen LogP contribution < -0.4 is 4.90 Å². The lowest BCUT2D eigenvalue weighted by atomic mass is 10.2. The smallest absolute Gasteiger partial charge is 0.311 e. The monoisotopic (exact) mass is 288 g/mol. The third-order valence-corrected chi connectivity index (χ3v) is 3.73. The molecule has 0 heterocycles. The van der Waals surface area contributed by atoms with Crippen LogP contribution in [0.15, 0.2) is 23.1 Å². The number of methoxy groups -OCH3 is 1. The molecule has 106 valence electrons. The van der Waals surface area contributed by atoms with Crippen LogP contribution >= 0.6 is 0 Å². The number of hydrogen-bond acceptors (Lipinski definition) is 6. The van der Waals surface area contributed by atoms with Gasteiger partial charge in [-0.3, -0.25) is 10.1 Å². The van der Waals surface area contributed by atoms with E-state index in [1.807, 2.05) is 0 Å². The summed E-state index contributed by atoms with van der Waals surface area (Å²) in [5.41, 5.74) is -0.145. The van der Waals surface area contributed by atoms with Crippen LogP contribution in [0.2, 0.25) is 0 Å². The summed E-state index contributed by atoms with van der Waals surface area (Å²) in [7, 11) is -0.485. The number of ether oxygens (including phenoxy) is 1. The van der Waals surface area contributed by atoms with E-state index in [4.69, 9.17) is 4.74 Å². The molecule has 0 atom stereocenters. The van der Waals surface area contributed by atoms with Gasteiger partial charge in [0.05, 0.1) is 11.5 Å². The van der Waals surface area contributed by atoms with Gasteiger partial charge in [0.2, 0.25) is 0 Å². The molecule has 1 aromatic rings. The van der Waals surface area contributed by atoms with Gasteiger partial charge in [-0.05, 0) is 12.1 Å². The Hall–Kier alpha value is -1.67. The van der Waals surface area contributed by atoms with Gasteiger partial charge in [0.1, 0.15) is 10.6 Å². The zero-order valence-corrected chi connectivity index (χ0v) is 11.8. The second-order valence-corrected chi connectivity index (χ2v) is 6.05. The first-order chi connectivity index (χ1) is 8.79. The van der Waals surface area contributed by atoms with Crippen LogP contribution in [0.25, 0.3) is 0 Å². The molecule has 0 spiro atoms. The SMILES string of the molecule is COCCN(C)c1cccc(S(C)(=O)=O)c1[N+](=O)[O-]. The zero-order valence-electron chi connectivity index (χ0n) is 11.0. The number of hydrogen-bond donors (Lipinski definition) is 0. The van der Waals surface area contributed by atoms with Crippen LogP contribution in [0.4, 0.5) is 11.4 Å². The van der Waals surface area contributed by atoms with E-state index in [0.717, 1.165) is 6.26 Å². The number of nitro groups is 1.